The molecule has 0 aliphatic carbocycles. The van der Waals surface area contributed by atoms with Crippen molar-refractivity contribution in [1.29, 1.82) is 0 Å². The molecule has 1 aromatic heterocycles. The lowest BCUT2D eigenvalue weighted by Crippen LogP contribution is -2.30. The molecule has 1 rings (SSSR count). The van der Waals surface area contributed by atoms with Crippen LogP contribution in [0.3, 0.4) is 0 Å². The molecule has 0 atom stereocenters. The third-order valence-electron chi connectivity index (χ3n) is 1.98. The van der Waals surface area contributed by atoms with E-state index < -0.39 is 0 Å². The van der Waals surface area contributed by atoms with Crippen LogP contribution in [0.5, 0.6) is 0 Å². The van der Waals surface area contributed by atoms with Gasteiger partial charge in [-0.15, -0.1) is 0 Å². The summed E-state index contributed by atoms with van der Waals surface area (Å²) in [5, 5.41) is 0. The molecule has 0 spiro atoms. The highest BCUT2D eigenvalue weighted by atomic mass is 16.5. The molecule has 1 aromatic rings. The quantitative estimate of drug-likeness (QED) is 0.727. The molecule has 0 saturated heterocycles. The molecule has 4 nitrogen and oxygen atoms in total. The predicted octanol–water partition coefficient (Wildman–Crippen LogP) is 1.08. The number of ether oxygens (including phenoxy) is 1. The van der Waals surface area contributed by atoms with Gasteiger partial charge in [-0.3, -0.25) is 9.78 Å². The van der Waals surface area contributed by atoms with Gasteiger partial charge in [0.15, 0.2) is 0 Å². The highest BCUT2D eigenvalue weighted by molar-refractivity contribution is 5.77. The molecule has 0 unspecified atom stereocenters. The van der Waals surface area contributed by atoms with E-state index in [1.807, 2.05) is 25.1 Å². The van der Waals surface area contributed by atoms with Gasteiger partial charge in [0.25, 0.3) is 0 Å². The minimum atomic E-state index is -0.0255. The van der Waals surface area contributed by atoms with E-state index in [0.29, 0.717) is 13.2 Å². The Bertz CT molecular complexity index is 301. The monoisotopic (exact) mass is 208 g/mol. The Labute approximate surface area is 89.9 Å². The number of aromatic nitrogens is 1. The Morgan fingerprint density at radius 1 is 1.53 bits per heavy atom. The van der Waals surface area contributed by atoms with E-state index in [2.05, 4.69) is 4.98 Å². The molecule has 0 aliphatic rings. The van der Waals surface area contributed by atoms with Gasteiger partial charge in [0.05, 0.1) is 12.2 Å². The van der Waals surface area contributed by atoms with E-state index in [9.17, 15) is 4.79 Å². The molecule has 15 heavy (non-hydrogen) atoms. The maximum atomic E-state index is 11.5. The topological polar surface area (TPSA) is 42.4 Å². The number of amides is 1. The number of rotatable bonds is 5. The summed E-state index contributed by atoms with van der Waals surface area (Å²) in [5.41, 5.74) is 0.879. The molecule has 82 valence electrons. The smallest absolute Gasteiger partial charge is 0.248 e. The van der Waals surface area contributed by atoms with Crippen LogP contribution in [-0.2, 0) is 16.1 Å². The van der Waals surface area contributed by atoms with Gasteiger partial charge >= 0.3 is 0 Å². The van der Waals surface area contributed by atoms with E-state index in [4.69, 9.17) is 4.74 Å². The van der Waals surface area contributed by atoms with Gasteiger partial charge in [-0.25, -0.2) is 0 Å². The fourth-order valence-corrected chi connectivity index (χ4v) is 1.12. The molecular formula is C11H16N2O2. The number of carbonyl (C=O) groups excluding carboxylic acids is 1. The SMILES string of the molecule is CCOCC(=O)N(C)Cc1ccccn1. The van der Waals surface area contributed by atoms with Crippen LogP contribution in [0, 0.1) is 0 Å². The zero-order valence-electron chi connectivity index (χ0n) is 9.14. The minimum absolute atomic E-state index is 0.0255. The van der Waals surface area contributed by atoms with Crippen molar-refractivity contribution in [2.24, 2.45) is 0 Å². The minimum Gasteiger partial charge on any atom is -0.372 e. The Morgan fingerprint density at radius 2 is 2.33 bits per heavy atom. The number of hydrogen-bond acceptors (Lipinski definition) is 3. The number of hydrogen-bond donors (Lipinski definition) is 0. The van der Waals surface area contributed by atoms with Crippen molar-refractivity contribution < 1.29 is 9.53 Å². The maximum absolute atomic E-state index is 11.5. The fourth-order valence-electron chi connectivity index (χ4n) is 1.12. The average molecular weight is 208 g/mol. The second-order valence-corrected chi connectivity index (χ2v) is 3.21. The average Bonchev–Trinajstić information content (AvgIpc) is 2.27. The summed E-state index contributed by atoms with van der Waals surface area (Å²) >= 11 is 0. The summed E-state index contributed by atoms with van der Waals surface area (Å²) in [7, 11) is 1.75. The molecule has 0 aliphatic heterocycles. The lowest BCUT2D eigenvalue weighted by Gasteiger charge is -2.16. The van der Waals surface area contributed by atoms with Crippen molar-refractivity contribution in [1.82, 2.24) is 9.88 Å². The molecule has 0 N–H and O–H groups in total. The lowest BCUT2D eigenvalue weighted by atomic mass is 10.3. The zero-order valence-corrected chi connectivity index (χ0v) is 9.14. The second kappa shape index (κ2) is 6.14. The first-order valence-electron chi connectivity index (χ1n) is 4.95. The molecule has 0 radical (unpaired) electrons. The van der Waals surface area contributed by atoms with Gasteiger partial charge in [0.1, 0.15) is 6.61 Å². The van der Waals surface area contributed by atoms with Gasteiger partial charge in [-0.05, 0) is 19.1 Å². The normalized spacial score (nSPS) is 10.0. The standard InChI is InChI=1S/C11H16N2O2/c1-3-15-9-11(14)13(2)8-10-6-4-5-7-12-10/h4-7H,3,8-9H2,1-2H3. The Balaban J connectivity index is 2.41. The zero-order chi connectivity index (χ0) is 11.1. The molecule has 0 saturated carbocycles. The predicted molar refractivity (Wildman–Crippen MR) is 57.2 cm³/mol. The highest BCUT2D eigenvalue weighted by Gasteiger charge is 2.08. The van der Waals surface area contributed by atoms with Gasteiger partial charge in [0, 0.05) is 19.9 Å². The third kappa shape index (κ3) is 4.08. The summed E-state index contributed by atoms with van der Waals surface area (Å²) < 4.78 is 5.04. The molecular weight excluding hydrogens is 192 g/mol. The molecule has 1 amide bonds. The van der Waals surface area contributed by atoms with Crippen LogP contribution in [-0.4, -0.2) is 36.1 Å². The number of nitrogens with zero attached hydrogens (tertiary/aromatic N) is 2. The van der Waals surface area contributed by atoms with Crippen LogP contribution in [0.1, 0.15) is 12.6 Å². The van der Waals surface area contributed by atoms with E-state index in [1.54, 1.807) is 18.1 Å². The second-order valence-electron chi connectivity index (χ2n) is 3.21. The first-order valence-corrected chi connectivity index (χ1v) is 4.95. The van der Waals surface area contributed by atoms with E-state index in [0.717, 1.165) is 5.69 Å². The van der Waals surface area contributed by atoms with Crippen molar-refractivity contribution in [3.05, 3.63) is 30.1 Å². The molecule has 0 fully saturated rings. The Morgan fingerprint density at radius 3 is 2.93 bits per heavy atom. The first-order chi connectivity index (χ1) is 7.24. The van der Waals surface area contributed by atoms with Crippen LogP contribution in [0.4, 0.5) is 0 Å². The number of pyridine rings is 1. The Hall–Kier alpha value is -1.42. The van der Waals surface area contributed by atoms with Gasteiger partial charge in [-0.2, -0.15) is 0 Å². The third-order valence-corrected chi connectivity index (χ3v) is 1.98. The summed E-state index contributed by atoms with van der Waals surface area (Å²) in [6.45, 7) is 3.09. The van der Waals surface area contributed by atoms with Gasteiger partial charge in [-0.1, -0.05) is 6.07 Å². The van der Waals surface area contributed by atoms with Gasteiger partial charge in [0.2, 0.25) is 5.91 Å². The summed E-state index contributed by atoms with van der Waals surface area (Å²) in [6, 6.07) is 5.65. The van der Waals surface area contributed by atoms with Crippen LogP contribution in [0.25, 0.3) is 0 Å². The largest absolute Gasteiger partial charge is 0.372 e. The van der Waals surface area contributed by atoms with Crippen LogP contribution >= 0.6 is 0 Å². The highest BCUT2D eigenvalue weighted by Crippen LogP contribution is 1.99. The molecule has 0 bridgehead atoms. The molecule has 4 heteroatoms. The number of likely N-dealkylation sites (N-methyl/N-ethyl adjacent to an activating group) is 1. The maximum Gasteiger partial charge on any atom is 0.248 e. The molecule has 0 aromatic carbocycles. The van der Waals surface area contributed by atoms with E-state index in [-0.39, 0.29) is 12.5 Å². The van der Waals surface area contributed by atoms with E-state index in [1.165, 1.54) is 0 Å². The first kappa shape index (κ1) is 11.7. The lowest BCUT2D eigenvalue weighted by molar-refractivity contribution is -0.135. The van der Waals surface area contributed by atoms with Crippen molar-refractivity contribution in [3.63, 3.8) is 0 Å². The Kier molecular flexibility index (Phi) is 4.77. The van der Waals surface area contributed by atoms with Crippen molar-refractivity contribution >= 4 is 5.91 Å². The summed E-state index contributed by atoms with van der Waals surface area (Å²) in [4.78, 5) is 17.2. The van der Waals surface area contributed by atoms with E-state index >= 15 is 0 Å². The van der Waals surface area contributed by atoms with Crippen LogP contribution < -0.4 is 0 Å². The summed E-state index contributed by atoms with van der Waals surface area (Å²) in [5.74, 6) is -0.0255. The number of carbonyl (C=O) groups is 1. The van der Waals surface area contributed by atoms with Crippen molar-refractivity contribution in [2.45, 2.75) is 13.5 Å². The van der Waals surface area contributed by atoms with Crippen LogP contribution in [0.15, 0.2) is 24.4 Å². The van der Waals surface area contributed by atoms with Gasteiger partial charge < -0.3 is 9.64 Å². The summed E-state index contributed by atoms with van der Waals surface area (Å²) in [6.07, 6.45) is 1.72. The van der Waals surface area contributed by atoms with Crippen molar-refractivity contribution in [2.75, 3.05) is 20.3 Å². The molecule has 1 heterocycles. The fraction of sp³-hybridized carbons (Fsp3) is 0.455. The van der Waals surface area contributed by atoms with Crippen LogP contribution in [0.2, 0.25) is 0 Å². The van der Waals surface area contributed by atoms with Crippen molar-refractivity contribution in [3.8, 4) is 0 Å².